The molecule has 20 heavy (non-hydrogen) atoms. The lowest BCUT2D eigenvalue weighted by Gasteiger charge is -2.07. The van der Waals surface area contributed by atoms with Crippen molar-refractivity contribution in [1.82, 2.24) is 5.43 Å². The van der Waals surface area contributed by atoms with Crippen LogP contribution in [0.1, 0.15) is 16.7 Å². The summed E-state index contributed by atoms with van der Waals surface area (Å²) < 4.78 is 0. The molecule has 0 radical (unpaired) electrons. The van der Waals surface area contributed by atoms with Crippen molar-refractivity contribution < 1.29 is 0 Å². The van der Waals surface area contributed by atoms with Crippen LogP contribution in [0.3, 0.4) is 0 Å². The largest absolute Gasteiger partial charge is 0.331 e. The van der Waals surface area contributed by atoms with Crippen molar-refractivity contribution in [1.29, 1.82) is 0 Å². The van der Waals surface area contributed by atoms with Gasteiger partial charge in [-0.2, -0.15) is 5.10 Å². The van der Waals surface area contributed by atoms with E-state index in [-0.39, 0.29) is 0 Å². The summed E-state index contributed by atoms with van der Waals surface area (Å²) in [6.45, 7) is 4.09. The van der Waals surface area contributed by atoms with Gasteiger partial charge in [0.25, 0.3) is 0 Å². The van der Waals surface area contributed by atoms with Gasteiger partial charge in [-0.1, -0.05) is 42.0 Å². The summed E-state index contributed by atoms with van der Waals surface area (Å²) in [4.78, 5) is 0. The van der Waals surface area contributed by atoms with E-state index >= 15 is 0 Å². The van der Waals surface area contributed by atoms with E-state index < -0.39 is 0 Å². The minimum atomic E-state index is 0.471. The molecule has 0 aromatic heterocycles. The molecule has 0 aliphatic rings. The van der Waals surface area contributed by atoms with E-state index in [0.717, 1.165) is 11.3 Å². The first kappa shape index (κ1) is 14.2. The molecule has 0 unspecified atom stereocenters. The molecule has 0 saturated heterocycles. The highest BCUT2D eigenvalue weighted by molar-refractivity contribution is 7.80. The van der Waals surface area contributed by atoms with E-state index in [4.69, 9.17) is 12.2 Å². The fraction of sp³-hybridized carbons (Fsp3) is 0.125. The van der Waals surface area contributed by atoms with Crippen molar-refractivity contribution >= 4 is 29.2 Å². The van der Waals surface area contributed by atoms with Crippen molar-refractivity contribution in [2.75, 3.05) is 5.32 Å². The Morgan fingerprint density at radius 3 is 2.45 bits per heavy atom. The maximum Gasteiger partial charge on any atom is 0.191 e. The predicted octanol–water partition coefficient (Wildman–Crippen LogP) is 3.62. The van der Waals surface area contributed by atoms with E-state index in [0.29, 0.717) is 5.11 Å². The highest BCUT2D eigenvalue weighted by Gasteiger charge is 1.96. The van der Waals surface area contributed by atoms with Crippen LogP contribution in [-0.4, -0.2) is 11.3 Å². The zero-order valence-electron chi connectivity index (χ0n) is 11.6. The van der Waals surface area contributed by atoms with Gasteiger partial charge >= 0.3 is 0 Å². The Morgan fingerprint density at radius 1 is 1.05 bits per heavy atom. The highest BCUT2D eigenvalue weighted by Crippen LogP contribution is 2.08. The van der Waals surface area contributed by atoms with Gasteiger partial charge in [0.2, 0.25) is 0 Å². The zero-order chi connectivity index (χ0) is 14.4. The van der Waals surface area contributed by atoms with Gasteiger partial charge in [0.15, 0.2) is 5.11 Å². The number of hydrogen-bond donors (Lipinski definition) is 2. The lowest BCUT2D eigenvalue weighted by molar-refractivity contribution is 1.05. The molecule has 0 saturated carbocycles. The molecule has 0 spiro atoms. The number of benzene rings is 2. The lowest BCUT2D eigenvalue weighted by Crippen LogP contribution is -2.23. The van der Waals surface area contributed by atoms with Gasteiger partial charge in [-0.15, -0.1) is 0 Å². The summed E-state index contributed by atoms with van der Waals surface area (Å²) in [5, 5.41) is 7.68. The summed E-state index contributed by atoms with van der Waals surface area (Å²) >= 11 is 5.18. The highest BCUT2D eigenvalue weighted by atomic mass is 32.1. The van der Waals surface area contributed by atoms with Crippen molar-refractivity contribution in [3.63, 3.8) is 0 Å². The quantitative estimate of drug-likeness (QED) is 0.513. The second kappa shape index (κ2) is 6.82. The summed E-state index contributed by atoms with van der Waals surface area (Å²) in [5.41, 5.74) is 7.21. The molecule has 4 heteroatoms. The van der Waals surface area contributed by atoms with E-state index in [9.17, 15) is 0 Å². The predicted molar refractivity (Wildman–Crippen MR) is 89.3 cm³/mol. The van der Waals surface area contributed by atoms with Gasteiger partial charge in [0, 0.05) is 5.69 Å². The van der Waals surface area contributed by atoms with Gasteiger partial charge in [-0.25, -0.2) is 0 Å². The molecule has 0 bridgehead atoms. The van der Waals surface area contributed by atoms with Crippen LogP contribution in [-0.2, 0) is 0 Å². The Balaban J connectivity index is 1.89. The third-order valence-electron chi connectivity index (χ3n) is 2.87. The van der Waals surface area contributed by atoms with Gasteiger partial charge < -0.3 is 5.32 Å². The molecular weight excluding hydrogens is 266 g/mol. The normalized spacial score (nSPS) is 10.5. The average Bonchev–Trinajstić information content (AvgIpc) is 2.43. The van der Waals surface area contributed by atoms with E-state index in [2.05, 4.69) is 15.8 Å². The van der Waals surface area contributed by atoms with Crippen molar-refractivity contribution in [2.45, 2.75) is 13.8 Å². The molecule has 2 aromatic carbocycles. The Kier molecular flexibility index (Phi) is 4.85. The molecular formula is C16H17N3S. The molecule has 0 heterocycles. The van der Waals surface area contributed by atoms with Crippen LogP contribution >= 0.6 is 12.2 Å². The van der Waals surface area contributed by atoms with Crippen LogP contribution in [0.15, 0.2) is 53.6 Å². The molecule has 0 aliphatic heterocycles. The number of hydrogen-bond acceptors (Lipinski definition) is 2. The summed E-state index contributed by atoms with van der Waals surface area (Å²) in [5.74, 6) is 0. The smallest absolute Gasteiger partial charge is 0.191 e. The third-order valence-corrected chi connectivity index (χ3v) is 3.06. The summed E-state index contributed by atoms with van der Waals surface area (Å²) in [7, 11) is 0. The fourth-order valence-corrected chi connectivity index (χ4v) is 1.86. The maximum absolute atomic E-state index is 5.18. The lowest BCUT2D eigenvalue weighted by atomic mass is 10.1. The fourth-order valence-electron chi connectivity index (χ4n) is 1.69. The number of hydrazone groups is 1. The van der Waals surface area contributed by atoms with E-state index in [1.165, 1.54) is 11.1 Å². The molecule has 0 amide bonds. The number of thiocarbonyl (C=S) groups is 1. The topological polar surface area (TPSA) is 36.4 Å². The zero-order valence-corrected chi connectivity index (χ0v) is 12.4. The standard InChI is InChI=1S/C16H17N3S/c1-12-7-9-15(10-8-12)18-16(20)19-17-11-14-6-4-3-5-13(14)2/h3-11H,1-2H3,(H2,18,19,20)/b17-11-. The molecule has 2 aromatic rings. The van der Waals surface area contributed by atoms with Crippen LogP contribution in [0.5, 0.6) is 0 Å². The molecule has 0 fully saturated rings. The van der Waals surface area contributed by atoms with E-state index in [1.807, 2.05) is 62.4 Å². The second-order valence-corrected chi connectivity index (χ2v) is 4.95. The van der Waals surface area contributed by atoms with Crippen molar-refractivity contribution in [3.05, 3.63) is 65.2 Å². The summed E-state index contributed by atoms with van der Waals surface area (Å²) in [6.07, 6.45) is 1.76. The van der Waals surface area contributed by atoms with Crippen molar-refractivity contribution in [3.8, 4) is 0 Å². The number of nitrogens with zero attached hydrogens (tertiary/aromatic N) is 1. The first-order chi connectivity index (χ1) is 9.65. The van der Waals surface area contributed by atoms with Crippen LogP contribution in [0, 0.1) is 13.8 Å². The first-order valence-corrected chi connectivity index (χ1v) is 6.78. The molecule has 0 atom stereocenters. The van der Waals surface area contributed by atoms with Gasteiger partial charge in [0.1, 0.15) is 0 Å². The Labute approximate surface area is 124 Å². The molecule has 2 rings (SSSR count). The van der Waals surface area contributed by atoms with Gasteiger partial charge in [0.05, 0.1) is 6.21 Å². The molecule has 0 aliphatic carbocycles. The minimum absolute atomic E-state index is 0.471. The van der Waals surface area contributed by atoms with Crippen LogP contribution in [0.4, 0.5) is 5.69 Å². The van der Waals surface area contributed by atoms with Crippen molar-refractivity contribution in [2.24, 2.45) is 5.10 Å². The Morgan fingerprint density at radius 2 is 1.75 bits per heavy atom. The Bertz CT molecular complexity index is 618. The molecule has 102 valence electrons. The number of rotatable bonds is 3. The maximum atomic E-state index is 5.18. The van der Waals surface area contributed by atoms with Crippen LogP contribution in [0.2, 0.25) is 0 Å². The molecule has 3 nitrogen and oxygen atoms in total. The number of aryl methyl sites for hydroxylation is 2. The second-order valence-electron chi connectivity index (χ2n) is 4.55. The number of nitrogens with one attached hydrogen (secondary N) is 2. The van der Waals surface area contributed by atoms with Gasteiger partial charge in [-0.3, -0.25) is 5.43 Å². The SMILES string of the molecule is Cc1ccc(NC(=S)N/N=C\c2ccccc2C)cc1. The molecule has 2 N–H and O–H groups in total. The van der Waals surface area contributed by atoms with E-state index in [1.54, 1.807) is 6.21 Å². The monoisotopic (exact) mass is 283 g/mol. The first-order valence-electron chi connectivity index (χ1n) is 6.37. The third kappa shape index (κ3) is 4.17. The van der Waals surface area contributed by atoms with Crippen LogP contribution < -0.4 is 10.7 Å². The average molecular weight is 283 g/mol. The van der Waals surface area contributed by atoms with Crippen LogP contribution in [0.25, 0.3) is 0 Å². The number of anilines is 1. The summed E-state index contributed by atoms with van der Waals surface area (Å²) in [6, 6.07) is 16.1. The minimum Gasteiger partial charge on any atom is -0.331 e. The van der Waals surface area contributed by atoms with Gasteiger partial charge in [-0.05, 0) is 49.3 Å². The Hall–Kier alpha value is -2.20.